The first-order chi connectivity index (χ1) is 7.01. The number of thioether (sulfide) groups is 1. The number of hydrogen-bond donors (Lipinski definition) is 0. The fourth-order valence-electron chi connectivity index (χ4n) is 1.64. The van der Waals surface area contributed by atoms with E-state index in [9.17, 15) is 4.79 Å². The second-order valence-corrected chi connectivity index (χ2v) is 6.35. The van der Waals surface area contributed by atoms with Gasteiger partial charge >= 0.3 is 0 Å². The Morgan fingerprint density at radius 2 is 2.27 bits per heavy atom. The number of alkyl halides is 1. The minimum Gasteiger partial charge on any atom is -0.340 e. The van der Waals surface area contributed by atoms with Crippen molar-refractivity contribution in [2.24, 2.45) is 5.41 Å². The molecule has 4 heteroatoms. The van der Waals surface area contributed by atoms with Gasteiger partial charge in [-0.2, -0.15) is 11.8 Å². The molecule has 1 unspecified atom stereocenters. The average Bonchev–Trinajstić information content (AvgIpc) is 2.28. The predicted octanol–water partition coefficient (Wildman–Crippen LogP) is 2.61. The monoisotopic (exact) mass is 249 g/mol. The average molecular weight is 250 g/mol. The Bertz CT molecular complexity index is 233. The number of carbonyl (C=O) groups is 1. The molecule has 1 atom stereocenters. The molecule has 1 aliphatic heterocycles. The molecule has 0 aromatic carbocycles. The highest BCUT2D eigenvalue weighted by atomic mass is 35.5. The van der Waals surface area contributed by atoms with Gasteiger partial charge in [-0.25, -0.2) is 0 Å². The predicted molar refractivity (Wildman–Crippen MR) is 67.6 cm³/mol. The molecule has 1 fully saturated rings. The van der Waals surface area contributed by atoms with Gasteiger partial charge in [0.25, 0.3) is 0 Å². The maximum atomic E-state index is 12.1. The van der Waals surface area contributed by atoms with Crippen molar-refractivity contribution in [3.05, 3.63) is 0 Å². The van der Waals surface area contributed by atoms with E-state index in [0.717, 1.165) is 25.3 Å². The van der Waals surface area contributed by atoms with E-state index in [0.29, 0.717) is 11.1 Å². The van der Waals surface area contributed by atoms with Gasteiger partial charge in [0.05, 0.1) is 5.41 Å². The summed E-state index contributed by atoms with van der Waals surface area (Å²) >= 11 is 7.80. The van der Waals surface area contributed by atoms with Crippen LogP contribution in [-0.2, 0) is 4.79 Å². The lowest BCUT2D eigenvalue weighted by Gasteiger charge is -2.36. The van der Waals surface area contributed by atoms with Crippen molar-refractivity contribution in [1.82, 2.24) is 4.90 Å². The molecule has 0 aromatic heterocycles. The third-order valence-corrected chi connectivity index (χ3v) is 4.83. The van der Waals surface area contributed by atoms with Crippen LogP contribution in [0.2, 0.25) is 0 Å². The Morgan fingerprint density at radius 1 is 1.60 bits per heavy atom. The zero-order valence-corrected chi connectivity index (χ0v) is 11.3. The van der Waals surface area contributed by atoms with Crippen molar-refractivity contribution in [2.45, 2.75) is 32.4 Å². The molecule has 0 N–H and O–H groups in total. The quantitative estimate of drug-likeness (QED) is 0.717. The zero-order valence-electron chi connectivity index (χ0n) is 9.75. The molecule has 1 aliphatic rings. The molecule has 2 nitrogen and oxygen atoms in total. The zero-order chi connectivity index (χ0) is 11.5. The van der Waals surface area contributed by atoms with Crippen LogP contribution in [0.3, 0.4) is 0 Å². The molecule has 0 aliphatic carbocycles. The SMILES string of the molecule is CCC1CN(C(=O)C(C)(C)CCl)CCS1. The first-order valence-corrected chi connectivity index (χ1v) is 7.06. The number of rotatable bonds is 3. The fraction of sp³-hybridized carbons (Fsp3) is 0.909. The molecule has 1 heterocycles. The van der Waals surface area contributed by atoms with E-state index in [-0.39, 0.29) is 5.91 Å². The van der Waals surface area contributed by atoms with E-state index in [2.05, 4.69) is 6.92 Å². The minimum atomic E-state index is -0.415. The number of hydrogen-bond acceptors (Lipinski definition) is 2. The third-order valence-electron chi connectivity index (χ3n) is 2.79. The lowest BCUT2D eigenvalue weighted by atomic mass is 9.94. The highest BCUT2D eigenvalue weighted by molar-refractivity contribution is 8.00. The summed E-state index contributed by atoms with van der Waals surface area (Å²) in [5.74, 6) is 1.66. The number of carbonyl (C=O) groups excluding carboxylic acids is 1. The second-order valence-electron chi connectivity index (χ2n) is 4.67. The number of nitrogens with zero attached hydrogens (tertiary/aromatic N) is 1. The Kier molecular flexibility index (Phi) is 4.78. The summed E-state index contributed by atoms with van der Waals surface area (Å²) in [6.07, 6.45) is 1.13. The molecular weight excluding hydrogens is 230 g/mol. The van der Waals surface area contributed by atoms with Gasteiger partial charge in [0.1, 0.15) is 0 Å². The van der Waals surface area contributed by atoms with E-state index in [4.69, 9.17) is 11.6 Å². The summed E-state index contributed by atoms with van der Waals surface area (Å²) in [4.78, 5) is 14.1. The van der Waals surface area contributed by atoms with Crippen molar-refractivity contribution in [3.8, 4) is 0 Å². The normalized spacial score (nSPS) is 22.9. The van der Waals surface area contributed by atoms with Crippen LogP contribution in [0, 0.1) is 5.41 Å². The number of halogens is 1. The molecule has 0 radical (unpaired) electrons. The van der Waals surface area contributed by atoms with E-state index in [1.54, 1.807) is 0 Å². The van der Waals surface area contributed by atoms with Crippen molar-refractivity contribution in [3.63, 3.8) is 0 Å². The molecule has 1 amide bonds. The van der Waals surface area contributed by atoms with Crippen LogP contribution in [0.25, 0.3) is 0 Å². The Morgan fingerprint density at radius 3 is 2.80 bits per heavy atom. The Hall–Kier alpha value is 0.110. The van der Waals surface area contributed by atoms with Gasteiger partial charge in [-0.3, -0.25) is 4.79 Å². The van der Waals surface area contributed by atoms with E-state index >= 15 is 0 Å². The van der Waals surface area contributed by atoms with Crippen LogP contribution in [0.15, 0.2) is 0 Å². The van der Waals surface area contributed by atoms with Crippen molar-refractivity contribution >= 4 is 29.3 Å². The highest BCUT2D eigenvalue weighted by Crippen LogP contribution is 2.26. The van der Waals surface area contributed by atoms with Crippen LogP contribution < -0.4 is 0 Å². The van der Waals surface area contributed by atoms with Crippen LogP contribution in [-0.4, -0.2) is 40.8 Å². The lowest BCUT2D eigenvalue weighted by Crippen LogP contribution is -2.48. The van der Waals surface area contributed by atoms with E-state index < -0.39 is 5.41 Å². The van der Waals surface area contributed by atoms with Gasteiger partial charge < -0.3 is 4.90 Å². The minimum absolute atomic E-state index is 0.205. The van der Waals surface area contributed by atoms with Crippen LogP contribution in [0.5, 0.6) is 0 Å². The molecule has 1 rings (SSSR count). The summed E-state index contributed by atoms with van der Waals surface area (Å²) in [6.45, 7) is 7.79. The van der Waals surface area contributed by atoms with E-state index in [1.807, 2.05) is 30.5 Å². The summed E-state index contributed by atoms with van der Waals surface area (Å²) in [5.41, 5.74) is -0.415. The summed E-state index contributed by atoms with van der Waals surface area (Å²) in [5, 5.41) is 0.605. The lowest BCUT2D eigenvalue weighted by molar-refractivity contribution is -0.139. The Labute approximate surface area is 102 Å². The Balaban J connectivity index is 2.60. The van der Waals surface area contributed by atoms with Crippen LogP contribution >= 0.6 is 23.4 Å². The second kappa shape index (κ2) is 5.44. The van der Waals surface area contributed by atoms with Gasteiger partial charge in [-0.05, 0) is 20.3 Å². The summed E-state index contributed by atoms with van der Waals surface area (Å²) in [6, 6.07) is 0. The van der Waals surface area contributed by atoms with Crippen LogP contribution in [0.4, 0.5) is 0 Å². The van der Waals surface area contributed by atoms with Gasteiger partial charge in [0, 0.05) is 30.0 Å². The smallest absolute Gasteiger partial charge is 0.229 e. The van der Waals surface area contributed by atoms with Crippen LogP contribution in [0.1, 0.15) is 27.2 Å². The van der Waals surface area contributed by atoms with Gasteiger partial charge in [0.2, 0.25) is 5.91 Å². The third kappa shape index (κ3) is 3.28. The molecule has 1 saturated heterocycles. The van der Waals surface area contributed by atoms with Gasteiger partial charge in [-0.1, -0.05) is 6.92 Å². The summed E-state index contributed by atoms with van der Waals surface area (Å²) in [7, 11) is 0. The molecular formula is C11H20ClNOS. The van der Waals surface area contributed by atoms with Crippen molar-refractivity contribution in [1.29, 1.82) is 0 Å². The fourth-order valence-corrected chi connectivity index (χ4v) is 2.93. The maximum Gasteiger partial charge on any atom is 0.229 e. The van der Waals surface area contributed by atoms with Crippen molar-refractivity contribution < 1.29 is 4.79 Å². The number of amides is 1. The van der Waals surface area contributed by atoms with Gasteiger partial charge in [-0.15, -0.1) is 11.6 Å². The standard InChI is InChI=1S/C11H20ClNOS/c1-4-9-7-13(5-6-15-9)10(14)11(2,3)8-12/h9H,4-8H2,1-3H3. The maximum absolute atomic E-state index is 12.1. The molecule has 0 saturated carbocycles. The molecule has 0 aromatic rings. The molecule has 0 spiro atoms. The van der Waals surface area contributed by atoms with E-state index in [1.165, 1.54) is 0 Å². The largest absolute Gasteiger partial charge is 0.340 e. The van der Waals surface area contributed by atoms with Crippen molar-refractivity contribution in [2.75, 3.05) is 24.7 Å². The summed E-state index contributed by atoms with van der Waals surface area (Å²) < 4.78 is 0. The molecule has 0 bridgehead atoms. The molecule has 88 valence electrons. The van der Waals surface area contributed by atoms with Gasteiger partial charge in [0.15, 0.2) is 0 Å². The first kappa shape index (κ1) is 13.2. The highest BCUT2D eigenvalue weighted by Gasteiger charge is 2.33. The molecule has 15 heavy (non-hydrogen) atoms. The topological polar surface area (TPSA) is 20.3 Å². The first-order valence-electron chi connectivity index (χ1n) is 5.48.